The van der Waals surface area contributed by atoms with Gasteiger partial charge in [0.2, 0.25) is 0 Å². The first kappa shape index (κ1) is 15.0. The molecule has 2 rings (SSSR count). The molecule has 3 nitrogen and oxygen atoms in total. The Hall–Kier alpha value is -2.42. The largest absolute Gasteiger partial charge is 0.490 e. The molecule has 0 spiro atoms. The summed E-state index contributed by atoms with van der Waals surface area (Å²) in [7, 11) is 0. The molecule has 0 aliphatic heterocycles. The molecule has 0 amide bonds. The number of hydrogen-bond acceptors (Lipinski definition) is 3. The summed E-state index contributed by atoms with van der Waals surface area (Å²) < 4.78 is 5.63. The molecule has 3 heteroatoms. The average Bonchev–Trinajstić information content (AvgIpc) is 2.47. The first-order chi connectivity index (χ1) is 10.1. The molecule has 0 bridgehead atoms. The molecule has 0 aliphatic rings. The summed E-state index contributed by atoms with van der Waals surface area (Å²) in [5, 5.41) is 0. The van der Waals surface area contributed by atoms with Crippen LogP contribution in [0.5, 0.6) is 5.75 Å². The summed E-state index contributed by atoms with van der Waals surface area (Å²) in [6.45, 7) is 3.39. The monoisotopic (exact) mass is 282 g/mol. The van der Waals surface area contributed by atoms with Crippen molar-refractivity contribution in [1.82, 2.24) is 0 Å². The van der Waals surface area contributed by atoms with Crippen LogP contribution in [0.2, 0.25) is 0 Å². The van der Waals surface area contributed by atoms with Crippen LogP contribution < -0.4 is 4.74 Å². The molecule has 2 aromatic rings. The number of ether oxygens (including phenoxy) is 1. The van der Waals surface area contributed by atoms with Crippen molar-refractivity contribution < 1.29 is 14.3 Å². The predicted octanol–water partition coefficient (Wildman–Crippen LogP) is 3.66. The molecule has 0 saturated heterocycles. The smallest absolute Gasteiger partial charge is 0.193 e. The van der Waals surface area contributed by atoms with Gasteiger partial charge in [0.25, 0.3) is 0 Å². The van der Waals surface area contributed by atoms with E-state index in [1.807, 2.05) is 25.1 Å². The van der Waals surface area contributed by atoms with E-state index in [2.05, 4.69) is 0 Å². The van der Waals surface area contributed by atoms with Crippen molar-refractivity contribution in [2.24, 2.45) is 0 Å². The highest BCUT2D eigenvalue weighted by molar-refractivity contribution is 6.08. The average molecular weight is 282 g/mol. The Bertz CT molecular complexity index is 615. The zero-order valence-electron chi connectivity index (χ0n) is 12.2. The minimum absolute atomic E-state index is 0.0149. The molecule has 0 aromatic heterocycles. The fourth-order valence-corrected chi connectivity index (χ4v) is 2.12. The molecule has 0 N–H and O–H groups in total. The van der Waals surface area contributed by atoms with Crippen molar-refractivity contribution in [3.8, 4) is 5.75 Å². The first-order valence-corrected chi connectivity index (χ1v) is 6.92. The Morgan fingerprint density at radius 2 is 1.52 bits per heavy atom. The number of carbonyl (C=O) groups is 2. The topological polar surface area (TPSA) is 43.4 Å². The molecule has 0 fully saturated rings. The summed E-state index contributed by atoms with van der Waals surface area (Å²) in [5.41, 5.74) is 1.28. The molecule has 1 atom stereocenters. The van der Waals surface area contributed by atoms with Crippen molar-refractivity contribution in [1.29, 1.82) is 0 Å². The lowest BCUT2D eigenvalue weighted by molar-refractivity contribution is -0.118. The highest BCUT2D eigenvalue weighted by Crippen LogP contribution is 2.17. The van der Waals surface area contributed by atoms with Crippen molar-refractivity contribution in [3.63, 3.8) is 0 Å². The van der Waals surface area contributed by atoms with Gasteiger partial charge < -0.3 is 4.74 Å². The number of benzene rings is 2. The van der Waals surface area contributed by atoms with Crippen molar-refractivity contribution in [3.05, 3.63) is 65.7 Å². The van der Waals surface area contributed by atoms with E-state index in [1.54, 1.807) is 43.3 Å². The van der Waals surface area contributed by atoms with E-state index in [-0.39, 0.29) is 17.7 Å². The molecule has 0 saturated carbocycles. The maximum Gasteiger partial charge on any atom is 0.193 e. The summed E-state index contributed by atoms with van der Waals surface area (Å²) in [6.07, 6.45) is 0.211. The van der Waals surface area contributed by atoms with Gasteiger partial charge in [0, 0.05) is 17.5 Å². The number of carbonyl (C=O) groups excluding carboxylic acids is 2. The van der Waals surface area contributed by atoms with Crippen LogP contribution in [0.4, 0.5) is 0 Å². The lowest BCUT2D eigenvalue weighted by Crippen LogP contribution is -2.15. The second-order valence-electron chi connectivity index (χ2n) is 5.05. The van der Waals surface area contributed by atoms with E-state index in [0.29, 0.717) is 23.3 Å². The molecule has 2 aromatic carbocycles. The molecule has 108 valence electrons. The van der Waals surface area contributed by atoms with Crippen LogP contribution in [-0.2, 0) is 4.79 Å². The quantitative estimate of drug-likeness (QED) is 0.759. The summed E-state index contributed by atoms with van der Waals surface area (Å²) in [4.78, 5) is 23.3. The van der Waals surface area contributed by atoms with Crippen LogP contribution in [0, 0.1) is 0 Å². The van der Waals surface area contributed by atoms with Gasteiger partial charge >= 0.3 is 0 Å². The van der Waals surface area contributed by atoms with Crippen LogP contribution in [0.3, 0.4) is 0 Å². The van der Waals surface area contributed by atoms with Crippen LogP contribution in [0.15, 0.2) is 54.6 Å². The van der Waals surface area contributed by atoms with Gasteiger partial charge in [-0.3, -0.25) is 9.59 Å². The van der Waals surface area contributed by atoms with E-state index < -0.39 is 0 Å². The molecule has 0 aliphatic carbocycles. The number of ketones is 2. The van der Waals surface area contributed by atoms with Crippen molar-refractivity contribution >= 4 is 11.6 Å². The standard InChI is InChI=1S/C18H18O3/c1-13(19)12-14(2)21-17-10-8-16(9-11-17)18(20)15-6-4-3-5-7-15/h3-11,14H,12H2,1-2H3. The second kappa shape index (κ2) is 6.84. The summed E-state index contributed by atoms with van der Waals surface area (Å²) >= 11 is 0. The highest BCUT2D eigenvalue weighted by Gasteiger charge is 2.10. The third-order valence-corrected chi connectivity index (χ3v) is 3.06. The molecule has 21 heavy (non-hydrogen) atoms. The fraction of sp³-hybridized carbons (Fsp3) is 0.222. The van der Waals surface area contributed by atoms with E-state index in [0.717, 1.165) is 0 Å². The van der Waals surface area contributed by atoms with Gasteiger partial charge in [0.05, 0.1) is 0 Å². The third-order valence-electron chi connectivity index (χ3n) is 3.06. The molecule has 1 unspecified atom stereocenters. The molecular formula is C18H18O3. The van der Waals surface area contributed by atoms with Gasteiger partial charge in [-0.15, -0.1) is 0 Å². The van der Waals surface area contributed by atoms with Gasteiger partial charge in [0.1, 0.15) is 17.6 Å². The Balaban J connectivity index is 2.05. The van der Waals surface area contributed by atoms with E-state index in [4.69, 9.17) is 4.74 Å². The maximum absolute atomic E-state index is 12.2. The first-order valence-electron chi connectivity index (χ1n) is 6.92. The van der Waals surface area contributed by atoms with Gasteiger partial charge in [-0.2, -0.15) is 0 Å². The Kier molecular flexibility index (Phi) is 4.88. The fourth-order valence-electron chi connectivity index (χ4n) is 2.12. The zero-order valence-corrected chi connectivity index (χ0v) is 12.2. The summed E-state index contributed by atoms with van der Waals surface area (Å²) in [5.74, 6) is 0.741. The van der Waals surface area contributed by atoms with Crippen LogP contribution in [0.1, 0.15) is 36.2 Å². The van der Waals surface area contributed by atoms with E-state index in [1.165, 1.54) is 0 Å². The third kappa shape index (κ3) is 4.28. The summed E-state index contributed by atoms with van der Waals surface area (Å²) in [6, 6.07) is 16.1. The number of Topliss-reactive ketones (excluding diaryl/α,β-unsaturated/α-hetero) is 1. The van der Waals surface area contributed by atoms with Gasteiger partial charge in [0.15, 0.2) is 5.78 Å². The minimum Gasteiger partial charge on any atom is -0.490 e. The van der Waals surface area contributed by atoms with Crippen molar-refractivity contribution in [2.75, 3.05) is 0 Å². The van der Waals surface area contributed by atoms with Gasteiger partial charge in [-0.1, -0.05) is 30.3 Å². The number of rotatable bonds is 6. The van der Waals surface area contributed by atoms with Gasteiger partial charge in [-0.25, -0.2) is 0 Å². The lowest BCUT2D eigenvalue weighted by atomic mass is 10.0. The minimum atomic E-state index is -0.168. The molecule has 0 radical (unpaired) electrons. The molecule has 0 heterocycles. The normalized spacial score (nSPS) is 11.7. The van der Waals surface area contributed by atoms with Crippen LogP contribution >= 0.6 is 0 Å². The lowest BCUT2D eigenvalue weighted by Gasteiger charge is -2.13. The van der Waals surface area contributed by atoms with Crippen LogP contribution in [-0.4, -0.2) is 17.7 Å². The SMILES string of the molecule is CC(=O)CC(C)Oc1ccc(C(=O)c2ccccc2)cc1. The Morgan fingerprint density at radius 1 is 0.952 bits per heavy atom. The van der Waals surface area contributed by atoms with Crippen molar-refractivity contribution in [2.45, 2.75) is 26.4 Å². The van der Waals surface area contributed by atoms with E-state index in [9.17, 15) is 9.59 Å². The Morgan fingerprint density at radius 3 is 2.10 bits per heavy atom. The predicted molar refractivity (Wildman–Crippen MR) is 81.7 cm³/mol. The van der Waals surface area contributed by atoms with Gasteiger partial charge in [-0.05, 0) is 38.1 Å². The van der Waals surface area contributed by atoms with Crippen LogP contribution in [0.25, 0.3) is 0 Å². The molecular weight excluding hydrogens is 264 g/mol. The highest BCUT2D eigenvalue weighted by atomic mass is 16.5. The second-order valence-corrected chi connectivity index (χ2v) is 5.05. The zero-order chi connectivity index (χ0) is 15.2. The maximum atomic E-state index is 12.2. The number of hydrogen-bond donors (Lipinski definition) is 0. The Labute approximate surface area is 124 Å². The van der Waals surface area contributed by atoms with E-state index >= 15 is 0 Å².